The van der Waals surface area contributed by atoms with Crippen molar-refractivity contribution in [3.63, 3.8) is 0 Å². The number of aromatic nitrogens is 2. The first kappa shape index (κ1) is 19.9. The van der Waals surface area contributed by atoms with Gasteiger partial charge in [-0.2, -0.15) is 4.31 Å². The highest BCUT2D eigenvalue weighted by Gasteiger charge is 2.29. The molecule has 0 unspecified atom stereocenters. The van der Waals surface area contributed by atoms with Crippen LogP contribution in [0.1, 0.15) is 19.8 Å². The van der Waals surface area contributed by atoms with Gasteiger partial charge in [-0.25, -0.2) is 18.4 Å². The van der Waals surface area contributed by atoms with Crippen LogP contribution in [0.4, 0.5) is 11.6 Å². The highest BCUT2D eigenvalue weighted by molar-refractivity contribution is 7.89. The van der Waals surface area contributed by atoms with Crippen molar-refractivity contribution >= 4 is 21.7 Å². The molecule has 156 valence electrons. The summed E-state index contributed by atoms with van der Waals surface area (Å²) in [5.41, 5.74) is 0. The molecule has 2 aromatic rings. The average molecular weight is 418 g/mol. The summed E-state index contributed by atoms with van der Waals surface area (Å²) in [5, 5.41) is 0. The molecule has 8 nitrogen and oxygen atoms in total. The normalized spacial score (nSPS) is 18.2. The van der Waals surface area contributed by atoms with Gasteiger partial charge in [-0.15, -0.1) is 0 Å². The molecular formula is C20H27N5O3S. The van der Waals surface area contributed by atoms with Crippen LogP contribution >= 0.6 is 0 Å². The monoisotopic (exact) mass is 417 g/mol. The predicted octanol–water partition coefficient (Wildman–Crippen LogP) is 1.99. The SMILES string of the molecule is CCOc1ccc(S(=O)(=O)N2CCN(c3cc(N4CCCC4)ncn3)CC2)cc1. The van der Waals surface area contributed by atoms with Gasteiger partial charge in [0.1, 0.15) is 23.7 Å². The Morgan fingerprint density at radius 1 is 0.897 bits per heavy atom. The molecular weight excluding hydrogens is 390 g/mol. The fourth-order valence-corrected chi connectivity index (χ4v) is 5.23. The maximum atomic E-state index is 13.0. The van der Waals surface area contributed by atoms with E-state index in [4.69, 9.17) is 4.74 Å². The summed E-state index contributed by atoms with van der Waals surface area (Å²) in [4.78, 5) is 13.5. The van der Waals surface area contributed by atoms with E-state index in [-0.39, 0.29) is 0 Å². The number of rotatable bonds is 6. The summed E-state index contributed by atoms with van der Waals surface area (Å²) in [7, 11) is -3.51. The second kappa shape index (κ2) is 8.54. The molecule has 0 bridgehead atoms. The molecule has 2 fully saturated rings. The lowest BCUT2D eigenvalue weighted by molar-refractivity contribution is 0.340. The maximum Gasteiger partial charge on any atom is 0.243 e. The van der Waals surface area contributed by atoms with Crippen LogP contribution < -0.4 is 14.5 Å². The summed E-state index contributed by atoms with van der Waals surface area (Å²) in [6, 6.07) is 8.64. The van der Waals surface area contributed by atoms with Gasteiger partial charge in [-0.1, -0.05) is 0 Å². The van der Waals surface area contributed by atoms with Crippen molar-refractivity contribution in [3.05, 3.63) is 36.7 Å². The lowest BCUT2D eigenvalue weighted by Crippen LogP contribution is -2.49. The maximum absolute atomic E-state index is 13.0. The topological polar surface area (TPSA) is 78.9 Å². The molecule has 29 heavy (non-hydrogen) atoms. The van der Waals surface area contributed by atoms with Gasteiger partial charge in [0.15, 0.2) is 0 Å². The minimum atomic E-state index is -3.51. The van der Waals surface area contributed by atoms with Crippen LogP contribution in [0.15, 0.2) is 41.6 Å². The molecule has 2 aliphatic heterocycles. The Labute approximate surface area is 172 Å². The van der Waals surface area contributed by atoms with Gasteiger partial charge in [0.2, 0.25) is 10.0 Å². The molecule has 0 aliphatic carbocycles. The summed E-state index contributed by atoms with van der Waals surface area (Å²) in [5.74, 6) is 2.49. The summed E-state index contributed by atoms with van der Waals surface area (Å²) in [6.07, 6.45) is 3.99. The Morgan fingerprint density at radius 2 is 1.48 bits per heavy atom. The van der Waals surface area contributed by atoms with Crippen molar-refractivity contribution in [2.75, 3.05) is 55.7 Å². The number of hydrogen-bond donors (Lipinski definition) is 0. The fraction of sp³-hybridized carbons (Fsp3) is 0.500. The first-order valence-electron chi connectivity index (χ1n) is 10.1. The van der Waals surface area contributed by atoms with Crippen LogP contribution in [0.25, 0.3) is 0 Å². The third-order valence-electron chi connectivity index (χ3n) is 5.40. The largest absolute Gasteiger partial charge is 0.494 e. The molecule has 0 spiro atoms. The van der Waals surface area contributed by atoms with Gasteiger partial charge in [0, 0.05) is 45.3 Å². The molecule has 3 heterocycles. The molecule has 0 N–H and O–H groups in total. The molecule has 1 aromatic heterocycles. The van der Waals surface area contributed by atoms with E-state index in [0.717, 1.165) is 24.7 Å². The molecule has 2 aliphatic rings. The number of piperazine rings is 1. The average Bonchev–Trinajstić information content (AvgIpc) is 3.30. The van der Waals surface area contributed by atoms with E-state index >= 15 is 0 Å². The second-order valence-electron chi connectivity index (χ2n) is 7.22. The molecule has 0 atom stereocenters. The van der Waals surface area contributed by atoms with E-state index in [1.165, 1.54) is 12.8 Å². The molecule has 0 saturated carbocycles. The van der Waals surface area contributed by atoms with Crippen molar-refractivity contribution < 1.29 is 13.2 Å². The Hall–Kier alpha value is -2.39. The number of anilines is 2. The standard InChI is InChI=1S/C20H27N5O3S/c1-2-28-17-5-7-18(8-6-17)29(26,27)25-13-11-24(12-14-25)20-15-19(21-16-22-20)23-9-3-4-10-23/h5-8,15-16H,2-4,9-14H2,1H3. The van der Waals surface area contributed by atoms with Gasteiger partial charge < -0.3 is 14.5 Å². The zero-order chi connectivity index (χ0) is 20.3. The Kier molecular flexibility index (Phi) is 5.86. The number of hydrogen-bond acceptors (Lipinski definition) is 7. The van der Waals surface area contributed by atoms with Crippen molar-refractivity contribution in [1.29, 1.82) is 0 Å². The number of sulfonamides is 1. The van der Waals surface area contributed by atoms with Crippen LogP contribution in [-0.4, -0.2) is 68.6 Å². The molecule has 1 aromatic carbocycles. The first-order chi connectivity index (χ1) is 14.1. The van der Waals surface area contributed by atoms with Crippen LogP contribution in [-0.2, 0) is 10.0 Å². The molecule has 0 radical (unpaired) electrons. The Bertz CT molecular complexity index is 921. The zero-order valence-electron chi connectivity index (χ0n) is 16.7. The predicted molar refractivity (Wildman–Crippen MR) is 112 cm³/mol. The van der Waals surface area contributed by atoms with Gasteiger partial charge in [-0.05, 0) is 44.0 Å². The molecule has 9 heteroatoms. The van der Waals surface area contributed by atoms with Gasteiger partial charge >= 0.3 is 0 Å². The molecule has 4 rings (SSSR count). The van der Waals surface area contributed by atoms with E-state index in [1.807, 2.05) is 13.0 Å². The number of ether oxygens (including phenoxy) is 1. The van der Waals surface area contributed by atoms with Crippen molar-refractivity contribution in [2.45, 2.75) is 24.7 Å². The number of benzene rings is 1. The number of nitrogens with zero attached hydrogens (tertiary/aromatic N) is 5. The summed E-state index contributed by atoms with van der Waals surface area (Å²) < 4.78 is 32.9. The lowest BCUT2D eigenvalue weighted by Gasteiger charge is -2.34. The van der Waals surface area contributed by atoms with E-state index in [1.54, 1.807) is 34.9 Å². The Morgan fingerprint density at radius 3 is 2.07 bits per heavy atom. The third kappa shape index (κ3) is 4.30. The van der Waals surface area contributed by atoms with Crippen LogP contribution in [0.5, 0.6) is 5.75 Å². The first-order valence-corrected chi connectivity index (χ1v) is 11.6. The van der Waals surface area contributed by atoms with E-state index in [0.29, 0.717) is 43.4 Å². The smallest absolute Gasteiger partial charge is 0.243 e. The van der Waals surface area contributed by atoms with Crippen LogP contribution in [0.2, 0.25) is 0 Å². The van der Waals surface area contributed by atoms with Crippen molar-refractivity contribution in [1.82, 2.24) is 14.3 Å². The van der Waals surface area contributed by atoms with Gasteiger partial charge in [0.05, 0.1) is 11.5 Å². The minimum absolute atomic E-state index is 0.299. The summed E-state index contributed by atoms with van der Waals surface area (Å²) in [6.45, 7) is 6.58. The van der Waals surface area contributed by atoms with Gasteiger partial charge in [-0.3, -0.25) is 0 Å². The fourth-order valence-electron chi connectivity index (χ4n) is 3.81. The highest BCUT2D eigenvalue weighted by atomic mass is 32.2. The van der Waals surface area contributed by atoms with Crippen LogP contribution in [0, 0.1) is 0 Å². The quantitative estimate of drug-likeness (QED) is 0.711. The Balaban J connectivity index is 1.41. The van der Waals surface area contributed by atoms with Crippen molar-refractivity contribution in [2.24, 2.45) is 0 Å². The van der Waals surface area contributed by atoms with E-state index < -0.39 is 10.0 Å². The highest BCUT2D eigenvalue weighted by Crippen LogP contribution is 2.24. The minimum Gasteiger partial charge on any atom is -0.494 e. The zero-order valence-corrected chi connectivity index (χ0v) is 17.5. The lowest BCUT2D eigenvalue weighted by atomic mass is 10.3. The van der Waals surface area contributed by atoms with E-state index in [2.05, 4.69) is 19.8 Å². The second-order valence-corrected chi connectivity index (χ2v) is 9.16. The van der Waals surface area contributed by atoms with Crippen LogP contribution in [0.3, 0.4) is 0 Å². The molecule has 2 saturated heterocycles. The molecule has 0 amide bonds. The van der Waals surface area contributed by atoms with Gasteiger partial charge in [0.25, 0.3) is 0 Å². The van der Waals surface area contributed by atoms with Crippen molar-refractivity contribution in [3.8, 4) is 5.75 Å². The third-order valence-corrected chi connectivity index (χ3v) is 7.32. The summed E-state index contributed by atoms with van der Waals surface area (Å²) >= 11 is 0. The van der Waals surface area contributed by atoms with E-state index in [9.17, 15) is 8.42 Å².